The lowest BCUT2D eigenvalue weighted by molar-refractivity contribution is 0.409. The van der Waals surface area contributed by atoms with Gasteiger partial charge in [-0.15, -0.1) is 0 Å². The number of ether oxygens (including phenoxy) is 1. The van der Waals surface area contributed by atoms with Gasteiger partial charge < -0.3 is 15.2 Å². The SMILES string of the molecule is COc1ccccc1CCCNCc1ccccc1O. The van der Waals surface area contributed by atoms with Crippen molar-refractivity contribution in [3.05, 3.63) is 59.7 Å². The summed E-state index contributed by atoms with van der Waals surface area (Å²) in [7, 11) is 1.70. The van der Waals surface area contributed by atoms with Gasteiger partial charge in [0.05, 0.1) is 7.11 Å². The van der Waals surface area contributed by atoms with Crippen LogP contribution < -0.4 is 10.1 Å². The lowest BCUT2D eigenvalue weighted by atomic mass is 10.1. The number of aromatic hydroxyl groups is 1. The fourth-order valence-corrected chi connectivity index (χ4v) is 2.20. The summed E-state index contributed by atoms with van der Waals surface area (Å²) < 4.78 is 5.33. The van der Waals surface area contributed by atoms with Crippen molar-refractivity contribution < 1.29 is 9.84 Å². The number of para-hydroxylation sites is 2. The number of nitrogens with one attached hydrogen (secondary N) is 1. The second-order valence-electron chi connectivity index (χ2n) is 4.72. The third-order valence-corrected chi connectivity index (χ3v) is 3.30. The van der Waals surface area contributed by atoms with Gasteiger partial charge in [-0.2, -0.15) is 0 Å². The van der Waals surface area contributed by atoms with Crippen molar-refractivity contribution in [1.29, 1.82) is 0 Å². The summed E-state index contributed by atoms with van der Waals surface area (Å²) in [5.41, 5.74) is 2.17. The van der Waals surface area contributed by atoms with Gasteiger partial charge in [-0.05, 0) is 37.1 Å². The maximum atomic E-state index is 9.66. The molecule has 0 saturated heterocycles. The molecule has 0 aliphatic rings. The van der Waals surface area contributed by atoms with Crippen LogP contribution >= 0.6 is 0 Å². The second-order valence-corrected chi connectivity index (χ2v) is 4.72. The maximum Gasteiger partial charge on any atom is 0.122 e. The first kappa shape index (κ1) is 14.4. The molecule has 2 N–H and O–H groups in total. The number of phenols is 1. The Balaban J connectivity index is 1.73. The van der Waals surface area contributed by atoms with E-state index in [9.17, 15) is 5.11 Å². The normalized spacial score (nSPS) is 10.4. The van der Waals surface area contributed by atoms with E-state index in [1.807, 2.05) is 36.4 Å². The second kappa shape index (κ2) is 7.56. The molecule has 3 heteroatoms. The molecule has 0 spiro atoms. The van der Waals surface area contributed by atoms with Crippen molar-refractivity contribution in [3.63, 3.8) is 0 Å². The number of aryl methyl sites for hydroxylation is 1. The molecule has 0 atom stereocenters. The highest BCUT2D eigenvalue weighted by Crippen LogP contribution is 2.18. The largest absolute Gasteiger partial charge is 0.508 e. The number of rotatable bonds is 7. The standard InChI is InChI=1S/C17H21NO2/c1-20-17-11-5-3-7-14(17)9-6-12-18-13-15-8-2-4-10-16(15)19/h2-5,7-8,10-11,18-19H,6,9,12-13H2,1H3. The maximum absolute atomic E-state index is 9.66. The minimum Gasteiger partial charge on any atom is -0.508 e. The van der Waals surface area contributed by atoms with Crippen molar-refractivity contribution in [3.8, 4) is 11.5 Å². The zero-order valence-electron chi connectivity index (χ0n) is 11.8. The first-order valence-corrected chi connectivity index (χ1v) is 6.90. The van der Waals surface area contributed by atoms with Crippen molar-refractivity contribution in [1.82, 2.24) is 5.32 Å². The number of benzene rings is 2. The molecule has 0 saturated carbocycles. The molecule has 106 valence electrons. The molecule has 20 heavy (non-hydrogen) atoms. The Morgan fingerprint density at radius 1 is 1.00 bits per heavy atom. The van der Waals surface area contributed by atoms with Crippen molar-refractivity contribution >= 4 is 0 Å². The molecular weight excluding hydrogens is 250 g/mol. The summed E-state index contributed by atoms with van der Waals surface area (Å²) in [4.78, 5) is 0. The predicted molar refractivity (Wildman–Crippen MR) is 81.1 cm³/mol. The fraction of sp³-hybridized carbons (Fsp3) is 0.294. The highest BCUT2D eigenvalue weighted by atomic mass is 16.5. The molecule has 0 fully saturated rings. The highest BCUT2D eigenvalue weighted by Gasteiger charge is 2.02. The first-order chi connectivity index (χ1) is 9.81. The number of phenolic OH excluding ortho intramolecular Hbond substituents is 1. The van der Waals surface area contributed by atoms with Gasteiger partial charge >= 0.3 is 0 Å². The van der Waals surface area contributed by atoms with Crippen LogP contribution in [0.25, 0.3) is 0 Å². The Bertz CT molecular complexity index is 540. The molecule has 2 aromatic carbocycles. The van der Waals surface area contributed by atoms with Crippen LogP contribution in [0.4, 0.5) is 0 Å². The molecule has 2 rings (SSSR count). The van der Waals surface area contributed by atoms with E-state index in [0.29, 0.717) is 12.3 Å². The van der Waals surface area contributed by atoms with E-state index < -0.39 is 0 Å². The van der Waals surface area contributed by atoms with Crippen LogP contribution in [0.3, 0.4) is 0 Å². The molecule has 0 aliphatic carbocycles. The van der Waals surface area contributed by atoms with E-state index >= 15 is 0 Å². The van der Waals surface area contributed by atoms with E-state index in [0.717, 1.165) is 30.7 Å². The third-order valence-electron chi connectivity index (χ3n) is 3.30. The van der Waals surface area contributed by atoms with Crippen molar-refractivity contribution in [2.45, 2.75) is 19.4 Å². The van der Waals surface area contributed by atoms with Crippen LogP contribution in [0.1, 0.15) is 17.5 Å². The first-order valence-electron chi connectivity index (χ1n) is 6.90. The molecule has 0 heterocycles. The third kappa shape index (κ3) is 4.00. The van der Waals surface area contributed by atoms with Gasteiger partial charge in [0.25, 0.3) is 0 Å². The van der Waals surface area contributed by atoms with Gasteiger partial charge in [-0.3, -0.25) is 0 Å². The molecule has 0 aromatic heterocycles. The lowest BCUT2D eigenvalue weighted by Crippen LogP contribution is -2.15. The summed E-state index contributed by atoms with van der Waals surface area (Å²) in [6, 6.07) is 15.5. The van der Waals surface area contributed by atoms with E-state index in [4.69, 9.17) is 4.74 Å². The molecule has 0 radical (unpaired) electrons. The summed E-state index contributed by atoms with van der Waals surface area (Å²) in [6.07, 6.45) is 2.02. The highest BCUT2D eigenvalue weighted by molar-refractivity contribution is 5.33. The lowest BCUT2D eigenvalue weighted by Gasteiger charge is -2.09. The van der Waals surface area contributed by atoms with E-state index in [1.165, 1.54) is 5.56 Å². The van der Waals surface area contributed by atoms with Crippen molar-refractivity contribution in [2.24, 2.45) is 0 Å². The van der Waals surface area contributed by atoms with Crippen molar-refractivity contribution in [2.75, 3.05) is 13.7 Å². The predicted octanol–water partition coefficient (Wildman–Crippen LogP) is 3.12. The molecule has 3 nitrogen and oxygen atoms in total. The van der Waals surface area contributed by atoms with Gasteiger partial charge in [0, 0.05) is 12.1 Å². The molecule has 0 unspecified atom stereocenters. The zero-order valence-corrected chi connectivity index (χ0v) is 11.8. The quantitative estimate of drug-likeness (QED) is 0.760. The van der Waals surface area contributed by atoms with Crippen LogP contribution in [-0.2, 0) is 13.0 Å². The fourth-order valence-electron chi connectivity index (χ4n) is 2.20. The van der Waals surface area contributed by atoms with Gasteiger partial charge in [0.15, 0.2) is 0 Å². The average molecular weight is 271 g/mol. The molecule has 0 bridgehead atoms. The summed E-state index contributed by atoms with van der Waals surface area (Å²) >= 11 is 0. The Kier molecular flexibility index (Phi) is 5.44. The van der Waals surface area contributed by atoms with E-state index in [2.05, 4.69) is 11.4 Å². The Hall–Kier alpha value is -2.00. The Labute approximate surface area is 120 Å². The van der Waals surface area contributed by atoms with Gasteiger partial charge in [0.2, 0.25) is 0 Å². The Morgan fingerprint density at radius 2 is 1.70 bits per heavy atom. The minimum atomic E-state index is 0.352. The summed E-state index contributed by atoms with van der Waals surface area (Å²) in [5.74, 6) is 1.30. The molecule has 2 aromatic rings. The van der Waals surface area contributed by atoms with E-state index in [1.54, 1.807) is 13.2 Å². The van der Waals surface area contributed by atoms with Gasteiger partial charge in [-0.1, -0.05) is 36.4 Å². The summed E-state index contributed by atoms with van der Waals surface area (Å²) in [6.45, 7) is 1.60. The smallest absolute Gasteiger partial charge is 0.122 e. The zero-order chi connectivity index (χ0) is 14.2. The van der Waals surface area contributed by atoms with E-state index in [-0.39, 0.29) is 0 Å². The van der Waals surface area contributed by atoms with Gasteiger partial charge in [0.1, 0.15) is 11.5 Å². The molecular formula is C17H21NO2. The van der Waals surface area contributed by atoms with Crippen LogP contribution in [0.15, 0.2) is 48.5 Å². The average Bonchev–Trinajstić information content (AvgIpc) is 2.49. The summed E-state index contributed by atoms with van der Waals surface area (Å²) in [5, 5.41) is 13.0. The van der Waals surface area contributed by atoms with Crippen LogP contribution in [0.2, 0.25) is 0 Å². The van der Waals surface area contributed by atoms with Crippen LogP contribution in [0.5, 0.6) is 11.5 Å². The number of methoxy groups -OCH3 is 1. The van der Waals surface area contributed by atoms with Crippen LogP contribution in [0, 0.1) is 0 Å². The number of hydrogen-bond donors (Lipinski definition) is 2. The Morgan fingerprint density at radius 3 is 2.45 bits per heavy atom. The number of hydrogen-bond acceptors (Lipinski definition) is 3. The molecule has 0 aliphatic heterocycles. The monoisotopic (exact) mass is 271 g/mol. The topological polar surface area (TPSA) is 41.5 Å². The molecule has 0 amide bonds. The minimum absolute atomic E-state index is 0.352. The van der Waals surface area contributed by atoms with Crippen LogP contribution in [-0.4, -0.2) is 18.8 Å². The van der Waals surface area contributed by atoms with Gasteiger partial charge in [-0.25, -0.2) is 0 Å².